The molecular formula is C9H15N5. The van der Waals surface area contributed by atoms with E-state index in [1.807, 2.05) is 13.2 Å². The molecule has 1 aliphatic heterocycles. The molecule has 2 atom stereocenters. The maximum atomic E-state index is 4.30. The van der Waals surface area contributed by atoms with E-state index in [0.29, 0.717) is 5.92 Å². The fourth-order valence-corrected chi connectivity index (χ4v) is 1.77. The molecular weight excluding hydrogens is 178 g/mol. The first-order valence-corrected chi connectivity index (χ1v) is 4.80. The van der Waals surface area contributed by atoms with E-state index in [1.165, 1.54) is 0 Å². The van der Waals surface area contributed by atoms with Crippen molar-refractivity contribution < 1.29 is 0 Å². The molecule has 2 rings (SSSR count). The van der Waals surface area contributed by atoms with Gasteiger partial charge in [0.15, 0.2) is 0 Å². The van der Waals surface area contributed by atoms with Gasteiger partial charge >= 0.3 is 0 Å². The van der Waals surface area contributed by atoms with Gasteiger partial charge in [0.25, 0.3) is 0 Å². The lowest BCUT2D eigenvalue weighted by Crippen LogP contribution is -2.27. The SMILES string of the molecule is CNCC1CNNC1c1cnccn1. The fraction of sp³-hybridized carbons (Fsp3) is 0.556. The summed E-state index contributed by atoms with van der Waals surface area (Å²) in [5.41, 5.74) is 7.36. The van der Waals surface area contributed by atoms with Crippen molar-refractivity contribution >= 4 is 0 Å². The highest BCUT2D eigenvalue weighted by atomic mass is 15.4. The van der Waals surface area contributed by atoms with Gasteiger partial charge < -0.3 is 5.32 Å². The second-order valence-electron chi connectivity index (χ2n) is 3.45. The van der Waals surface area contributed by atoms with Crippen molar-refractivity contribution in [2.24, 2.45) is 5.92 Å². The predicted octanol–water partition coefficient (Wildman–Crippen LogP) is -0.539. The second-order valence-corrected chi connectivity index (χ2v) is 3.45. The molecule has 1 aromatic rings. The largest absolute Gasteiger partial charge is 0.319 e. The van der Waals surface area contributed by atoms with Gasteiger partial charge in [0.05, 0.1) is 17.9 Å². The van der Waals surface area contributed by atoms with Crippen molar-refractivity contribution in [1.82, 2.24) is 26.1 Å². The van der Waals surface area contributed by atoms with Crippen LogP contribution in [0.2, 0.25) is 0 Å². The van der Waals surface area contributed by atoms with Gasteiger partial charge in [-0.15, -0.1) is 0 Å². The second kappa shape index (κ2) is 4.45. The third-order valence-corrected chi connectivity index (χ3v) is 2.46. The zero-order valence-corrected chi connectivity index (χ0v) is 8.20. The minimum Gasteiger partial charge on any atom is -0.319 e. The van der Waals surface area contributed by atoms with Crippen LogP contribution in [0.1, 0.15) is 11.7 Å². The standard InChI is InChI=1S/C9H15N5/c1-10-4-7-5-13-14-9(7)8-6-11-2-3-12-8/h2-3,6-7,9-10,13-14H,4-5H2,1H3. The fourth-order valence-electron chi connectivity index (χ4n) is 1.77. The monoisotopic (exact) mass is 193 g/mol. The van der Waals surface area contributed by atoms with E-state index in [1.54, 1.807) is 12.4 Å². The molecule has 1 saturated heterocycles. The van der Waals surface area contributed by atoms with Crippen molar-refractivity contribution in [2.45, 2.75) is 6.04 Å². The Labute approximate surface area is 83.3 Å². The molecule has 2 heterocycles. The lowest BCUT2D eigenvalue weighted by atomic mass is 9.99. The van der Waals surface area contributed by atoms with E-state index in [4.69, 9.17) is 0 Å². The Bertz CT molecular complexity index is 276. The number of hydrazine groups is 1. The molecule has 1 aromatic heterocycles. The number of rotatable bonds is 3. The van der Waals surface area contributed by atoms with Gasteiger partial charge in [0.1, 0.15) is 0 Å². The lowest BCUT2D eigenvalue weighted by Gasteiger charge is -2.16. The molecule has 2 unspecified atom stereocenters. The molecule has 1 aliphatic rings. The Hall–Kier alpha value is -1.04. The average Bonchev–Trinajstić information content (AvgIpc) is 2.68. The molecule has 14 heavy (non-hydrogen) atoms. The topological polar surface area (TPSA) is 61.9 Å². The number of aromatic nitrogens is 2. The van der Waals surface area contributed by atoms with Crippen LogP contribution in [-0.4, -0.2) is 30.1 Å². The van der Waals surface area contributed by atoms with Crippen molar-refractivity contribution in [3.05, 3.63) is 24.3 Å². The number of nitrogens with zero attached hydrogens (tertiary/aromatic N) is 2. The van der Waals surface area contributed by atoms with Gasteiger partial charge in [-0.3, -0.25) is 15.4 Å². The van der Waals surface area contributed by atoms with E-state index in [2.05, 4.69) is 26.1 Å². The van der Waals surface area contributed by atoms with Crippen molar-refractivity contribution in [1.29, 1.82) is 0 Å². The zero-order valence-electron chi connectivity index (χ0n) is 8.20. The predicted molar refractivity (Wildman–Crippen MR) is 53.3 cm³/mol. The van der Waals surface area contributed by atoms with Crippen LogP contribution in [0, 0.1) is 5.92 Å². The van der Waals surface area contributed by atoms with Crippen LogP contribution >= 0.6 is 0 Å². The average molecular weight is 193 g/mol. The van der Waals surface area contributed by atoms with Crippen molar-refractivity contribution in [3.8, 4) is 0 Å². The first-order valence-electron chi connectivity index (χ1n) is 4.80. The molecule has 0 aromatic carbocycles. The first-order chi connectivity index (χ1) is 6.92. The van der Waals surface area contributed by atoms with E-state index in [0.717, 1.165) is 18.8 Å². The van der Waals surface area contributed by atoms with Gasteiger partial charge in [-0.1, -0.05) is 0 Å². The van der Waals surface area contributed by atoms with Crippen LogP contribution in [0.15, 0.2) is 18.6 Å². The van der Waals surface area contributed by atoms with E-state index >= 15 is 0 Å². The van der Waals surface area contributed by atoms with Crippen LogP contribution in [-0.2, 0) is 0 Å². The van der Waals surface area contributed by atoms with Gasteiger partial charge in [0, 0.05) is 31.4 Å². The van der Waals surface area contributed by atoms with Crippen LogP contribution in [0.5, 0.6) is 0 Å². The summed E-state index contributed by atoms with van der Waals surface area (Å²) in [7, 11) is 1.96. The summed E-state index contributed by atoms with van der Waals surface area (Å²) >= 11 is 0. The molecule has 76 valence electrons. The molecule has 0 saturated carbocycles. The normalized spacial score (nSPS) is 26.6. The first kappa shape index (κ1) is 9.51. The van der Waals surface area contributed by atoms with Crippen LogP contribution in [0.4, 0.5) is 0 Å². The molecule has 0 spiro atoms. The summed E-state index contributed by atoms with van der Waals surface area (Å²) < 4.78 is 0. The summed E-state index contributed by atoms with van der Waals surface area (Å²) in [4.78, 5) is 8.37. The number of hydrogen-bond donors (Lipinski definition) is 3. The molecule has 0 radical (unpaired) electrons. The molecule has 1 fully saturated rings. The molecule has 0 bridgehead atoms. The number of nitrogens with one attached hydrogen (secondary N) is 3. The summed E-state index contributed by atoms with van der Waals surface area (Å²) in [6.45, 7) is 1.93. The lowest BCUT2D eigenvalue weighted by molar-refractivity contribution is 0.447. The highest BCUT2D eigenvalue weighted by Crippen LogP contribution is 2.21. The van der Waals surface area contributed by atoms with E-state index < -0.39 is 0 Å². The maximum absolute atomic E-state index is 4.30. The number of hydrogen-bond acceptors (Lipinski definition) is 5. The molecule has 5 heteroatoms. The Morgan fingerprint density at radius 1 is 1.57 bits per heavy atom. The maximum Gasteiger partial charge on any atom is 0.0773 e. The van der Waals surface area contributed by atoms with Crippen LogP contribution in [0.25, 0.3) is 0 Å². The van der Waals surface area contributed by atoms with Gasteiger partial charge in [-0.05, 0) is 7.05 Å². The molecule has 0 amide bonds. The summed E-state index contributed by atoms with van der Waals surface area (Å²) in [6, 6.07) is 0.260. The quantitative estimate of drug-likeness (QED) is 0.602. The van der Waals surface area contributed by atoms with Crippen LogP contribution < -0.4 is 16.2 Å². The minimum atomic E-state index is 0.260. The Balaban J connectivity index is 2.10. The Morgan fingerprint density at radius 3 is 3.21 bits per heavy atom. The van der Waals surface area contributed by atoms with Gasteiger partial charge in [-0.25, -0.2) is 5.43 Å². The van der Waals surface area contributed by atoms with Crippen LogP contribution in [0.3, 0.4) is 0 Å². The van der Waals surface area contributed by atoms with Gasteiger partial charge in [0.2, 0.25) is 0 Å². The van der Waals surface area contributed by atoms with Gasteiger partial charge in [-0.2, -0.15) is 0 Å². The summed E-state index contributed by atoms with van der Waals surface area (Å²) in [5.74, 6) is 0.525. The summed E-state index contributed by atoms with van der Waals surface area (Å²) in [5, 5.41) is 3.18. The summed E-state index contributed by atoms with van der Waals surface area (Å²) in [6.07, 6.45) is 5.23. The van der Waals surface area contributed by atoms with E-state index in [-0.39, 0.29) is 6.04 Å². The highest BCUT2D eigenvalue weighted by Gasteiger charge is 2.28. The zero-order chi connectivity index (χ0) is 9.80. The third kappa shape index (κ3) is 1.89. The minimum absolute atomic E-state index is 0.260. The Morgan fingerprint density at radius 2 is 2.50 bits per heavy atom. The molecule has 0 aliphatic carbocycles. The smallest absolute Gasteiger partial charge is 0.0773 e. The highest BCUT2D eigenvalue weighted by molar-refractivity contribution is 5.06. The third-order valence-electron chi connectivity index (χ3n) is 2.46. The molecule has 5 nitrogen and oxygen atoms in total. The molecule has 3 N–H and O–H groups in total. The van der Waals surface area contributed by atoms with E-state index in [9.17, 15) is 0 Å². The Kier molecular flexibility index (Phi) is 3.03. The van der Waals surface area contributed by atoms with Crippen molar-refractivity contribution in [3.63, 3.8) is 0 Å². The van der Waals surface area contributed by atoms with Crippen molar-refractivity contribution in [2.75, 3.05) is 20.1 Å².